The molecule has 1 fully saturated rings. The van der Waals surface area contributed by atoms with E-state index in [0.29, 0.717) is 0 Å². The molecule has 2 aromatic heterocycles. The molecular formula is C23H25N2O5+. The number of aromatic nitrogens is 2. The molecule has 0 amide bonds. The lowest BCUT2D eigenvalue weighted by molar-refractivity contribution is -0.774. The number of benzene rings is 2. The van der Waals surface area contributed by atoms with Gasteiger partial charge >= 0.3 is 0 Å². The smallest absolute Gasteiger partial charge is 0.291 e. The second-order valence-electron chi connectivity index (χ2n) is 8.06. The van der Waals surface area contributed by atoms with Crippen LogP contribution in [0, 0.1) is 13.8 Å². The van der Waals surface area contributed by atoms with Gasteiger partial charge in [0.2, 0.25) is 0 Å². The van der Waals surface area contributed by atoms with Crippen molar-refractivity contribution in [3.8, 4) is 5.75 Å². The second kappa shape index (κ2) is 6.92. The molecule has 5 rings (SSSR count). The first-order chi connectivity index (χ1) is 14.4. The topological polar surface area (TPSA) is 98.8 Å². The molecule has 7 heteroatoms. The van der Waals surface area contributed by atoms with Crippen LogP contribution in [0.15, 0.2) is 36.7 Å². The molecular weight excluding hydrogens is 384 g/mol. The first-order valence-electron chi connectivity index (χ1n) is 9.99. The summed E-state index contributed by atoms with van der Waals surface area (Å²) in [6, 6.07) is 7.39. The minimum atomic E-state index is -1.03. The number of pyridine rings is 1. The van der Waals surface area contributed by atoms with Crippen LogP contribution < -0.4 is 4.57 Å². The molecule has 4 atom stereocenters. The number of nitrogens with zero attached hydrogens (tertiary/aromatic N) is 1. The third-order valence-corrected chi connectivity index (χ3v) is 6.34. The van der Waals surface area contributed by atoms with Crippen LogP contribution in [0.5, 0.6) is 5.75 Å². The van der Waals surface area contributed by atoms with Gasteiger partial charge in [-0.3, -0.25) is 0 Å². The maximum Gasteiger partial charge on any atom is 0.291 e. The fraction of sp³-hybridized carbons (Fsp3) is 0.348. The summed E-state index contributed by atoms with van der Waals surface area (Å²) in [5, 5.41) is 34.5. The second-order valence-corrected chi connectivity index (χ2v) is 8.06. The average molecular weight is 409 g/mol. The molecule has 0 saturated carbocycles. The molecule has 1 saturated heterocycles. The Kier molecular flexibility index (Phi) is 4.44. The van der Waals surface area contributed by atoms with Crippen molar-refractivity contribution in [2.24, 2.45) is 0 Å². The molecule has 3 heterocycles. The zero-order valence-electron chi connectivity index (χ0n) is 17.1. The van der Waals surface area contributed by atoms with Gasteiger partial charge in [-0.25, -0.2) is 0 Å². The molecule has 0 radical (unpaired) electrons. The SMILES string of the molecule is CO[C@@H]1[C@@H](O)[C@@H](O)CO[C@H]1[n+]1ccc2c(C)c3[nH]c4ccc(O)cc4c3c(C)c2c1. The lowest BCUT2D eigenvalue weighted by atomic mass is 9.96. The van der Waals surface area contributed by atoms with E-state index in [1.807, 2.05) is 29.1 Å². The van der Waals surface area contributed by atoms with E-state index in [1.54, 1.807) is 12.1 Å². The van der Waals surface area contributed by atoms with E-state index in [-0.39, 0.29) is 12.4 Å². The minimum Gasteiger partial charge on any atom is -0.508 e. The maximum absolute atomic E-state index is 10.3. The van der Waals surface area contributed by atoms with E-state index >= 15 is 0 Å². The number of fused-ring (bicyclic) bond motifs is 4. The van der Waals surface area contributed by atoms with E-state index in [9.17, 15) is 15.3 Å². The van der Waals surface area contributed by atoms with Crippen LogP contribution >= 0.6 is 0 Å². The highest BCUT2D eigenvalue weighted by molar-refractivity contribution is 6.16. The predicted molar refractivity (Wildman–Crippen MR) is 112 cm³/mol. The van der Waals surface area contributed by atoms with E-state index in [4.69, 9.17) is 9.47 Å². The lowest BCUT2D eigenvalue weighted by Gasteiger charge is -2.33. The van der Waals surface area contributed by atoms with Crippen molar-refractivity contribution < 1.29 is 29.4 Å². The highest BCUT2D eigenvalue weighted by Gasteiger charge is 2.44. The van der Waals surface area contributed by atoms with Crippen LogP contribution in [0.2, 0.25) is 0 Å². The summed E-state index contributed by atoms with van der Waals surface area (Å²) in [5.41, 5.74) is 4.24. The van der Waals surface area contributed by atoms with Crippen molar-refractivity contribution in [2.45, 2.75) is 38.4 Å². The number of hydrogen-bond acceptors (Lipinski definition) is 5. The summed E-state index contributed by atoms with van der Waals surface area (Å²) in [6.07, 6.45) is 0.663. The van der Waals surface area contributed by atoms with E-state index < -0.39 is 24.5 Å². The number of aromatic amines is 1. The van der Waals surface area contributed by atoms with Gasteiger partial charge in [0.1, 0.15) is 18.0 Å². The lowest BCUT2D eigenvalue weighted by Crippen LogP contribution is -2.59. The normalized spacial score (nSPS) is 24.8. The molecule has 1 aliphatic heterocycles. The van der Waals surface area contributed by atoms with Crippen LogP contribution in [0.4, 0.5) is 0 Å². The predicted octanol–water partition coefficient (Wildman–Crippen LogP) is 2.35. The largest absolute Gasteiger partial charge is 0.508 e. The quantitative estimate of drug-likeness (QED) is 0.381. The number of rotatable bonds is 2. The number of ether oxygens (including phenoxy) is 2. The number of methoxy groups -OCH3 is 1. The van der Waals surface area contributed by atoms with Crippen molar-refractivity contribution in [1.29, 1.82) is 0 Å². The van der Waals surface area contributed by atoms with E-state index in [1.165, 1.54) is 7.11 Å². The average Bonchev–Trinajstić information content (AvgIpc) is 3.12. The molecule has 4 aromatic rings. The molecule has 30 heavy (non-hydrogen) atoms. The van der Waals surface area contributed by atoms with Gasteiger partial charge in [-0.05, 0) is 48.6 Å². The zero-order chi connectivity index (χ0) is 21.2. The first-order valence-corrected chi connectivity index (χ1v) is 9.99. The summed E-state index contributed by atoms with van der Waals surface area (Å²) in [7, 11) is 1.50. The monoisotopic (exact) mass is 409 g/mol. The Hall–Kier alpha value is -2.71. The third-order valence-electron chi connectivity index (χ3n) is 6.34. The van der Waals surface area contributed by atoms with Crippen LogP contribution in [-0.4, -0.2) is 52.3 Å². The molecule has 0 spiro atoms. The van der Waals surface area contributed by atoms with Crippen molar-refractivity contribution in [3.63, 3.8) is 0 Å². The Labute approximate surface area is 173 Å². The van der Waals surface area contributed by atoms with Gasteiger partial charge < -0.3 is 29.8 Å². The number of aliphatic hydroxyl groups is 2. The van der Waals surface area contributed by atoms with Gasteiger partial charge in [0.15, 0.2) is 18.5 Å². The van der Waals surface area contributed by atoms with Gasteiger partial charge in [-0.15, -0.1) is 0 Å². The van der Waals surface area contributed by atoms with Gasteiger partial charge in [-0.2, -0.15) is 4.57 Å². The summed E-state index contributed by atoms with van der Waals surface area (Å²) in [4.78, 5) is 3.49. The molecule has 7 nitrogen and oxygen atoms in total. The summed E-state index contributed by atoms with van der Waals surface area (Å²) in [5.74, 6) is 0.231. The Bertz CT molecular complexity index is 1280. The Balaban J connectivity index is 1.74. The molecule has 0 bridgehead atoms. The van der Waals surface area contributed by atoms with Crippen LogP contribution in [-0.2, 0) is 9.47 Å². The number of phenolic OH excluding ortho intramolecular Hbond substituents is 1. The van der Waals surface area contributed by atoms with Crippen LogP contribution in [0.25, 0.3) is 32.6 Å². The summed E-state index contributed by atoms with van der Waals surface area (Å²) >= 11 is 0. The molecule has 1 aliphatic rings. The van der Waals surface area contributed by atoms with Crippen molar-refractivity contribution in [2.75, 3.05) is 13.7 Å². The van der Waals surface area contributed by atoms with Crippen molar-refractivity contribution in [1.82, 2.24) is 4.98 Å². The summed E-state index contributed by atoms with van der Waals surface area (Å²) in [6.45, 7) is 4.19. The first kappa shape index (κ1) is 19.3. The number of phenols is 1. The number of aliphatic hydroxyl groups excluding tert-OH is 2. The summed E-state index contributed by atoms with van der Waals surface area (Å²) < 4.78 is 13.1. The fourth-order valence-electron chi connectivity index (χ4n) is 4.71. The van der Waals surface area contributed by atoms with Gasteiger partial charge in [-0.1, -0.05) is 0 Å². The molecule has 0 aliphatic carbocycles. The molecule has 4 N–H and O–H groups in total. The zero-order valence-corrected chi connectivity index (χ0v) is 17.1. The van der Waals surface area contributed by atoms with Crippen LogP contribution in [0.3, 0.4) is 0 Å². The van der Waals surface area contributed by atoms with Crippen molar-refractivity contribution in [3.05, 3.63) is 47.8 Å². The Morgan fingerprint density at radius 3 is 2.67 bits per heavy atom. The molecule has 2 aromatic carbocycles. The highest BCUT2D eigenvalue weighted by Crippen LogP contribution is 2.37. The number of aryl methyl sites for hydroxylation is 2. The number of nitrogens with one attached hydrogen (secondary N) is 1. The number of hydrogen-bond donors (Lipinski definition) is 4. The molecule has 156 valence electrons. The molecule has 0 unspecified atom stereocenters. The fourth-order valence-corrected chi connectivity index (χ4v) is 4.71. The highest BCUT2D eigenvalue weighted by atomic mass is 16.6. The van der Waals surface area contributed by atoms with E-state index in [2.05, 4.69) is 18.8 Å². The number of H-pyrrole nitrogens is 1. The Morgan fingerprint density at radius 2 is 1.90 bits per heavy atom. The van der Waals surface area contributed by atoms with Gasteiger partial charge in [0.25, 0.3) is 6.23 Å². The van der Waals surface area contributed by atoms with E-state index in [0.717, 1.165) is 43.7 Å². The Morgan fingerprint density at radius 1 is 1.10 bits per heavy atom. The van der Waals surface area contributed by atoms with Crippen LogP contribution in [0.1, 0.15) is 17.4 Å². The third kappa shape index (κ3) is 2.70. The standard InChI is InChI=1S/C23H24N2O5/c1-11-16-9-25(23-22(29-3)21(28)18(27)10-30-23)7-6-14(16)12(2)20-19(11)15-8-13(26)4-5-17(15)24-20/h4-9,18,21-23,26-28H,10H2,1-3H3/p+1/t18-,21-,22+,23+/m0/s1. The van der Waals surface area contributed by atoms with Gasteiger partial charge in [0.05, 0.1) is 12.1 Å². The maximum atomic E-state index is 10.3. The van der Waals surface area contributed by atoms with Crippen molar-refractivity contribution >= 4 is 32.6 Å². The minimum absolute atomic E-state index is 0.0372. The number of aromatic hydroxyl groups is 1. The van der Waals surface area contributed by atoms with Gasteiger partial charge in [0, 0.05) is 34.9 Å².